The number of ether oxygens (including phenoxy) is 1. The van der Waals surface area contributed by atoms with E-state index in [9.17, 15) is 10.0 Å². The monoisotopic (exact) mass is 326 g/mol. The fraction of sp³-hybridized carbons (Fsp3) is 0.900. The molecule has 0 aliphatic carbocycles. The molecule has 1 saturated heterocycles. The van der Waals surface area contributed by atoms with Crippen LogP contribution in [0.2, 0.25) is 0 Å². The molecule has 0 spiro atoms. The van der Waals surface area contributed by atoms with Crippen LogP contribution in [0.3, 0.4) is 0 Å². The average molecular weight is 326 g/mol. The van der Waals surface area contributed by atoms with Crippen molar-refractivity contribution in [3.05, 3.63) is 0 Å². The summed E-state index contributed by atoms with van der Waals surface area (Å²) in [5.74, 6) is -0.250. The summed E-state index contributed by atoms with van der Waals surface area (Å²) in [7, 11) is 0. The van der Waals surface area contributed by atoms with Gasteiger partial charge in [-0.1, -0.05) is 22.6 Å². The molecule has 1 atom stereocenters. The molecule has 0 N–H and O–H groups in total. The second kappa shape index (κ2) is 4.18. The molecule has 1 fully saturated rings. The van der Waals surface area contributed by atoms with Crippen molar-refractivity contribution in [2.75, 3.05) is 4.43 Å². The molecule has 5 heteroatoms. The molecule has 0 aromatic rings. The maximum Gasteiger partial charge on any atom is 0.316 e. The molecule has 1 aliphatic heterocycles. The van der Waals surface area contributed by atoms with E-state index in [1.807, 2.05) is 50.3 Å². The Hall–Kier alpha value is 0.120. The second-order valence-corrected chi connectivity index (χ2v) is 5.84. The van der Waals surface area contributed by atoms with Crippen molar-refractivity contribution in [3.63, 3.8) is 0 Å². The van der Waals surface area contributed by atoms with Crippen LogP contribution in [0, 0.1) is 0 Å². The predicted octanol–water partition coefficient (Wildman–Crippen LogP) is 1.94. The number of nitrogens with zero attached hydrogens (tertiary/aromatic N) is 1. The maximum atomic E-state index is 12.0. The molecule has 1 heterocycles. The Labute approximate surface area is 104 Å². The van der Waals surface area contributed by atoms with Gasteiger partial charge in [0.05, 0.1) is 9.97 Å². The van der Waals surface area contributed by atoms with E-state index < -0.39 is 11.1 Å². The minimum atomic E-state index is -0.634. The lowest BCUT2D eigenvalue weighted by Gasteiger charge is -2.32. The summed E-state index contributed by atoms with van der Waals surface area (Å²) in [5.41, 5.74) is -1.09. The summed E-state index contributed by atoms with van der Waals surface area (Å²) >= 11 is 1.96. The van der Waals surface area contributed by atoms with Crippen LogP contribution in [-0.4, -0.2) is 32.6 Å². The van der Waals surface area contributed by atoms with Crippen molar-refractivity contribution in [2.24, 2.45) is 0 Å². The SMILES string of the molecule is CC1(C)CC(OC(=O)CI)C(C)(C)N1[O]. The number of rotatable bonds is 2. The first-order valence-corrected chi connectivity index (χ1v) is 6.47. The largest absolute Gasteiger partial charge is 0.460 e. The van der Waals surface area contributed by atoms with E-state index in [1.165, 1.54) is 0 Å². The molecule has 0 aromatic carbocycles. The molecular formula is C10H17INO3. The van der Waals surface area contributed by atoms with E-state index >= 15 is 0 Å². The zero-order valence-corrected chi connectivity index (χ0v) is 11.7. The summed E-state index contributed by atoms with van der Waals surface area (Å²) in [6, 6.07) is 0. The van der Waals surface area contributed by atoms with Gasteiger partial charge in [-0.3, -0.25) is 4.79 Å². The van der Waals surface area contributed by atoms with Crippen molar-refractivity contribution in [1.29, 1.82) is 0 Å². The third kappa shape index (κ3) is 2.45. The summed E-state index contributed by atoms with van der Waals surface area (Å²) in [6.07, 6.45) is 0.276. The van der Waals surface area contributed by atoms with Gasteiger partial charge in [-0.25, -0.2) is 0 Å². The van der Waals surface area contributed by atoms with Crippen LogP contribution in [0.5, 0.6) is 0 Å². The molecule has 1 rings (SSSR count). The van der Waals surface area contributed by atoms with E-state index in [-0.39, 0.29) is 12.1 Å². The van der Waals surface area contributed by atoms with Crippen LogP contribution in [-0.2, 0) is 14.7 Å². The molecule has 87 valence electrons. The number of hydrogen-bond donors (Lipinski definition) is 0. The number of alkyl halides is 1. The van der Waals surface area contributed by atoms with Crippen LogP contribution in [0.25, 0.3) is 0 Å². The topological polar surface area (TPSA) is 49.4 Å². The summed E-state index contributed by atoms with van der Waals surface area (Å²) in [4.78, 5) is 11.2. The quantitative estimate of drug-likeness (QED) is 0.443. The minimum Gasteiger partial charge on any atom is -0.460 e. The summed E-state index contributed by atoms with van der Waals surface area (Å²) in [6.45, 7) is 7.39. The Bertz CT molecular complexity index is 265. The Kier molecular flexibility index (Phi) is 3.67. The van der Waals surface area contributed by atoms with E-state index in [0.29, 0.717) is 10.8 Å². The van der Waals surface area contributed by atoms with Crippen LogP contribution >= 0.6 is 22.6 Å². The number of halogens is 1. The van der Waals surface area contributed by atoms with Crippen LogP contribution < -0.4 is 0 Å². The van der Waals surface area contributed by atoms with Gasteiger partial charge in [0, 0.05) is 12.0 Å². The highest BCUT2D eigenvalue weighted by atomic mass is 127. The molecule has 1 radical (unpaired) electrons. The number of hydroxylamine groups is 2. The molecule has 4 nitrogen and oxygen atoms in total. The number of carbonyl (C=O) groups is 1. The highest BCUT2D eigenvalue weighted by Gasteiger charge is 2.54. The molecule has 1 unspecified atom stereocenters. The number of hydrogen-bond acceptors (Lipinski definition) is 3. The highest BCUT2D eigenvalue weighted by Crippen LogP contribution is 2.41. The normalized spacial score (nSPS) is 29.1. The summed E-state index contributed by atoms with van der Waals surface area (Å²) < 4.78 is 5.62. The molecule has 15 heavy (non-hydrogen) atoms. The molecular weight excluding hydrogens is 309 g/mol. The number of esters is 1. The average Bonchev–Trinajstić information content (AvgIpc) is 2.27. The van der Waals surface area contributed by atoms with Crippen molar-refractivity contribution in [3.8, 4) is 0 Å². The predicted molar refractivity (Wildman–Crippen MR) is 64.1 cm³/mol. The lowest BCUT2D eigenvalue weighted by Crippen LogP contribution is -2.48. The first-order chi connectivity index (χ1) is 6.71. The van der Waals surface area contributed by atoms with E-state index in [4.69, 9.17) is 4.74 Å². The first kappa shape index (κ1) is 13.2. The molecule has 0 saturated carbocycles. The zero-order chi connectivity index (χ0) is 11.9. The fourth-order valence-electron chi connectivity index (χ4n) is 2.07. The van der Waals surface area contributed by atoms with Gasteiger partial charge in [0.25, 0.3) is 0 Å². The van der Waals surface area contributed by atoms with Crippen LogP contribution in [0.4, 0.5) is 0 Å². The zero-order valence-electron chi connectivity index (χ0n) is 9.54. The van der Waals surface area contributed by atoms with E-state index in [0.717, 1.165) is 5.06 Å². The Morgan fingerprint density at radius 1 is 1.47 bits per heavy atom. The van der Waals surface area contributed by atoms with Crippen LogP contribution in [0.15, 0.2) is 0 Å². The maximum absolute atomic E-state index is 12.0. The smallest absolute Gasteiger partial charge is 0.316 e. The molecule has 0 bridgehead atoms. The van der Waals surface area contributed by atoms with Gasteiger partial charge in [0.2, 0.25) is 0 Å². The van der Waals surface area contributed by atoms with Gasteiger partial charge in [0.15, 0.2) is 0 Å². The standard InChI is InChI=1S/C10H17INO3/c1-9(2)5-7(15-8(13)6-11)10(3,4)12(9)14/h7H,5-6H2,1-4H3. The van der Waals surface area contributed by atoms with Crippen molar-refractivity contribution >= 4 is 28.6 Å². The van der Waals surface area contributed by atoms with Gasteiger partial charge < -0.3 is 4.74 Å². The Morgan fingerprint density at radius 3 is 2.33 bits per heavy atom. The second-order valence-electron chi connectivity index (χ2n) is 5.08. The molecule has 0 amide bonds. The van der Waals surface area contributed by atoms with Gasteiger partial charge in [0.1, 0.15) is 6.10 Å². The Balaban J connectivity index is 2.80. The van der Waals surface area contributed by atoms with Crippen molar-refractivity contribution < 1.29 is 14.7 Å². The number of carbonyl (C=O) groups excluding carboxylic acids is 1. The van der Waals surface area contributed by atoms with Gasteiger partial charge in [-0.2, -0.15) is 0 Å². The Morgan fingerprint density at radius 2 is 2.00 bits per heavy atom. The lowest BCUT2D eigenvalue weighted by molar-refractivity contribution is -0.252. The molecule has 0 aromatic heterocycles. The minimum absolute atomic E-state index is 0.250. The van der Waals surface area contributed by atoms with E-state index in [1.54, 1.807) is 0 Å². The third-order valence-corrected chi connectivity index (χ3v) is 3.55. The van der Waals surface area contributed by atoms with Crippen LogP contribution in [0.1, 0.15) is 34.1 Å². The molecule has 1 aliphatic rings. The first-order valence-electron chi connectivity index (χ1n) is 4.95. The highest BCUT2D eigenvalue weighted by molar-refractivity contribution is 14.1. The van der Waals surface area contributed by atoms with Crippen molar-refractivity contribution in [2.45, 2.75) is 51.3 Å². The van der Waals surface area contributed by atoms with Gasteiger partial charge in [-0.15, -0.1) is 10.3 Å². The van der Waals surface area contributed by atoms with Crippen molar-refractivity contribution in [1.82, 2.24) is 5.06 Å². The third-order valence-electron chi connectivity index (χ3n) is 2.93. The van der Waals surface area contributed by atoms with Gasteiger partial charge >= 0.3 is 5.97 Å². The van der Waals surface area contributed by atoms with Gasteiger partial charge in [-0.05, 0) is 27.7 Å². The lowest BCUT2D eigenvalue weighted by atomic mass is 9.97. The fourth-order valence-corrected chi connectivity index (χ4v) is 2.25. The van der Waals surface area contributed by atoms with E-state index in [2.05, 4.69) is 0 Å². The summed E-state index contributed by atoms with van der Waals surface area (Å²) in [5, 5.41) is 13.0.